The number of nitrogens with one attached hydrogen (secondary N) is 1. The molecule has 3 aromatic carbocycles. The molecule has 1 aromatic heterocycles. The van der Waals surface area contributed by atoms with Gasteiger partial charge in [-0.15, -0.1) is 0 Å². The van der Waals surface area contributed by atoms with Crippen molar-refractivity contribution in [3.63, 3.8) is 0 Å². The first-order valence-electron chi connectivity index (χ1n) is 26.0. The number of fused-ring (bicyclic) bond motifs is 1. The quantitative estimate of drug-likeness (QED) is 0.0584. The van der Waals surface area contributed by atoms with Crippen LogP contribution in [0, 0.1) is 0 Å². The standard InChI is InChI=1S/C46H67N7O11.C10H12/c1-5-52(6-2)39-10-11-41(40(34-39)42-33-36(44(47)55)12-13-48-42)49-45(56)37-8-7-9-38(32-37)46(57)50(3)14-15-51-16-17-53(43(54)35-51)18-19-59-22-23-61-26-27-63-30-31-64-29-28-62-25-24-60-21-20-58-4;1-2-6-10-8-4-3-7-9(10)5-1/h7-13,32-34H,5-6,14-31,35H2,1-4H3,(H2,47,55)(H,49,56);1-2,5-6H,3-4,7-8H2. The van der Waals surface area contributed by atoms with Crippen LogP contribution in [0.1, 0.15) is 68.9 Å². The second kappa shape index (κ2) is 33.9. The van der Waals surface area contributed by atoms with Crippen molar-refractivity contribution in [2.75, 3.05) is 163 Å². The third-order valence-corrected chi connectivity index (χ3v) is 12.6. The first-order valence-corrected chi connectivity index (χ1v) is 26.0. The molecule has 3 N–H and O–H groups in total. The van der Waals surface area contributed by atoms with Crippen molar-refractivity contribution < 1.29 is 52.3 Å². The van der Waals surface area contributed by atoms with Crippen LogP contribution in [-0.4, -0.2) is 196 Å². The maximum Gasteiger partial charge on any atom is 0.255 e. The fourth-order valence-corrected chi connectivity index (χ4v) is 8.35. The zero-order chi connectivity index (χ0) is 52.8. The van der Waals surface area contributed by atoms with E-state index in [1.807, 2.05) is 17.0 Å². The Hall–Kier alpha value is -5.83. The number of aromatic nitrogens is 1. The highest BCUT2D eigenvalue weighted by molar-refractivity contribution is 6.08. The second-order valence-corrected chi connectivity index (χ2v) is 17.8. The van der Waals surface area contributed by atoms with Crippen LogP contribution < -0.4 is 16.0 Å². The summed E-state index contributed by atoms with van der Waals surface area (Å²) in [4.78, 5) is 64.1. The highest BCUT2D eigenvalue weighted by Crippen LogP contribution is 2.32. The summed E-state index contributed by atoms with van der Waals surface area (Å²) in [6.45, 7) is 14.9. The van der Waals surface area contributed by atoms with Gasteiger partial charge in [-0.2, -0.15) is 0 Å². The molecule has 4 amide bonds. The lowest BCUT2D eigenvalue weighted by molar-refractivity contribution is -0.136. The fraction of sp³-hybridized carbons (Fsp3) is 0.518. The Balaban J connectivity index is 0.000000893. The number of pyridine rings is 1. The first-order chi connectivity index (χ1) is 36.1. The Morgan fingerprint density at radius 2 is 1.24 bits per heavy atom. The van der Waals surface area contributed by atoms with Crippen LogP contribution in [0.15, 0.2) is 85.1 Å². The van der Waals surface area contributed by atoms with Crippen LogP contribution in [0.2, 0.25) is 0 Å². The van der Waals surface area contributed by atoms with Crippen molar-refractivity contribution in [1.82, 2.24) is 19.7 Å². The summed E-state index contributed by atoms with van der Waals surface area (Å²) in [7, 11) is 3.34. The van der Waals surface area contributed by atoms with E-state index < -0.39 is 11.8 Å². The number of anilines is 2. The lowest BCUT2D eigenvalue weighted by Gasteiger charge is -2.35. The Bertz CT molecular complexity index is 2290. The molecule has 6 rings (SSSR count). The van der Waals surface area contributed by atoms with Gasteiger partial charge in [0.25, 0.3) is 11.8 Å². The number of likely N-dealkylation sites (N-methyl/N-ethyl adjacent to an activating group) is 1. The van der Waals surface area contributed by atoms with Gasteiger partial charge in [-0.05, 0) is 99.2 Å². The van der Waals surface area contributed by atoms with E-state index in [0.29, 0.717) is 152 Å². The molecule has 74 heavy (non-hydrogen) atoms. The largest absolute Gasteiger partial charge is 0.382 e. The minimum atomic E-state index is -0.583. The summed E-state index contributed by atoms with van der Waals surface area (Å²) in [5.74, 6) is -1.23. The highest BCUT2D eigenvalue weighted by atomic mass is 16.6. The van der Waals surface area contributed by atoms with Gasteiger partial charge >= 0.3 is 0 Å². The average Bonchev–Trinajstić information content (AvgIpc) is 3.43. The predicted octanol–water partition coefficient (Wildman–Crippen LogP) is 5.47. The molecule has 0 spiro atoms. The third-order valence-electron chi connectivity index (χ3n) is 12.6. The molecule has 0 atom stereocenters. The van der Waals surface area contributed by atoms with Gasteiger partial charge in [0.1, 0.15) is 0 Å². The van der Waals surface area contributed by atoms with Crippen LogP contribution in [0.3, 0.4) is 0 Å². The zero-order valence-electron chi connectivity index (χ0n) is 44.1. The van der Waals surface area contributed by atoms with E-state index in [9.17, 15) is 19.2 Å². The van der Waals surface area contributed by atoms with Gasteiger partial charge in [-0.1, -0.05) is 30.3 Å². The predicted molar refractivity (Wildman–Crippen MR) is 286 cm³/mol. The molecular formula is C56H79N7O11. The van der Waals surface area contributed by atoms with Crippen LogP contribution in [0.5, 0.6) is 0 Å². The van der Waals surface area contributed by atoms with Crippen molar-refractivity contribution in [1.29, 1.82) is 0 Å². The molecule has 0 bridgehead atoms. The number of carbonyl (C=O) groups excluding carboxylic acids is 4. The SMILES string of the molecule is CCN(CC)c1ccc(NC(=O)c2cccc(C(=O)N(C)CCN3CCN(CCOCCOCCOCCOCCOCCOCCOC)C(=O)C3)c2)c(-c2cc(C(N)=O)ccn2)c1.c1ccc2c(c1)CCCC2. The summed E-state index contributed by atoms with van der Waals surface area (Å²) in [5, 5.41) is 2.98. The topological polar surface area (TPSA) is 197 Å². The van der Waals surface area contributed by atoms with Gasteiger partial charge in [0, 0.05) is 94.1 Å². The maximum absolute atomic E-state index is 13.7. The van der Waals surface area contributed by atoms with E-state index in [0.717, 1.165) is 18.8 Å². The molecule has 0 unspecified atom stereocenters. The van der Waals surface area contributed by atoms with Gasteiger partial charge in [0.15, 0.2) is 0 Å². The van der Waals surface area contributed by atoms with Gasteiger partial charge in [0.2, 0.25) is 11.8 Å². The van der Waals surface area contributed by atoms with Crippen LogP contribution in [0.25, 0.3) is 11.3 Å². The number of benzene rings is 3. The number of nitrogens with zero attached hydrogens (tertiary/aromatic N) is 5. The van der Waals surface area contributed by atoms with E-state index in [4.69, 9.17) is 38.9 Å². The number of hydrogen-bond donors (Lipinski definition) is 2. The molecule has 4 aromatic rings. The highest BCUT2D eigenvalue weighted by Gasteiger charge is 2.25. The molecule has 0 saturated carbocycles. The molecule has 1 saturated heterocycles. The van der Waals surface area contributed by atoms with Crippen molar-refractivity contribution in [3.8, 4) is 11.3 Å². The minimum absolute atomic E-state index is 0.0120. The number of amides is 4. The molecule has 0 radical (unpaired) electrons. The van der Waals surface area contributed by atoms with Crippen molar-refractivity contribution in [2.24, 2.45) is 5.73 Å². The van der Waals surface area contributed by atoms with Crippen LogP contribution in [0.4, 0.5) is 11.4 Å². The number of nitrogens with two attached hydrogens (primary N) is 1. The maximum atomic E-state index is 13.7. The number of aryl methyl sites for hydroxylation is 2. The Morgan fingerprint density at radius 1 is 0.662 bits per heavy atom. The van der Waals surface area contributed by atoms with E-state index in [-0.39, 0.29) is 18.4 Å². The number of methoxy groups -OCH3 is 1. The lowest BCUT2D eigenvalue weighted by atomic mass is 9.92. The van der Waals surface area contributed by atoms with E-state index in [2.05, 4.69) is 53.3 Å². The van der Waals surface area contributed by atoms with Gasteiger partial charge in [-0.25, -0.2) is 0 Å². The number of primary amides is 1. The van der Waals surface area contributed by atoms with Crippen LogP contribution >= 0.6 is 0 Å². The lowest BCUT2D eigenvalue weighted by Crippen LogP contribution is -2.52. The number of rotatable bonds is 32. The molecule has 1 aliphatic carbocycles. The normalized spacial score (nSPS) is 13.5. The van der Waals surface area contributed by atoms with Crippen molar-refractivity contribution >= 4 is 35.0 Å². The molecule has 2 heterocycles. The average molecular weight is 1030 g/mol. The number of hydrogen-bond acceptors (Lipinski definition) is 14. The summed E-state index contributed by atoms with van der Waals surface area (Å²) < 4.78 is 37.9. The Morgan fingerprint density at radius 3 is 1.81 bits per heavy atom. The summed E-state index contributed by atoms with van der Waals surface area (Å²) in [6.07, 6.45) is 6.88. The molecule has 1 aliphatic heterocycles. The zero-order valence-corrected chi connectivity index (χ0v) is 44.1. The Kier molecular flexibility index (Phi) is 27.0. The van der Waals surface area contributed by atoms with Gasteiger partial charge < -0.3 is 58.9 Å². The summed E-state index contributed by atoms with van der Waals surface area (Å²) in [6, 6.07) is 24.2. The number of carbonyl (C=O) groups is 4. The fourth-order valence-electron chi connectivity index (χ4n) is 8.35. The van der Waals surface area contributed by atoms with Gasteiger partial charge in [0.05, 0.1) is 104 Å². The first kappa shape index (κ1) is 59.1. The van der Waals surface area contributed by atoms with E-state index in [1.54, 1.807) is 77.5 Å². The molecule has 2 aliphatic rings. The summed E-state index contributed by atoms with van der Waals surface area (Å²) in [5.41, 5.74) is 12.2. The molecular weight excluding hydrogens is 947 g/mol. The monoisotopic (exact) mass is 1030 g/mol. The molecule has 404 valence electrons. The third kappa shape index (κ3) is 20.5. The van der Waals surface area contributed by atoms with E-state index in [1.165, 1.54) is 31.9 Å². The Labute approximate surface area is 437 Å². The molecule has 1 fully saturated rings. The molecule has 18 heteroatoms. The number of ether oxygens (including phenoxy) is 7. The smallest absolute Gasteiger partial charge is 0.255 e. The van der Waals surface area contributed by atoms with Crippen LogP contribution in [-0.2, 0) is 50.8 Å². The summed E-state index contributed by atoms with van der Waals surface area (Å²) >= 11 is 0. The van der Waals surface area contributed by atoms with Gasteiger partial charge in [-0.3, -0.25) is 29.1 Å². The molecule has 18 nitrogen and oxygen atoms in total. The second-order valence-electron chi connectivity index (χ2n) is 17.8. The van der Waals surface area contributed by atoms with Crippen molar-refractivity contribution in [2.45, 2.75) is 39.5 Å². The minimum Gasteiger partial charge on any atom is -0.382 e. The van der Waals surface area contributed by atoms with Crippen molar-refractivity contribution in [3.05, 3.63) is 113 Å². The van der Waals surface area contributed by atoms with E-state index >= 15 is 0 Å². The number of piperazine rings is 1.